The third kappa shape index (κ3) is 2.09. The van der Waals surface area contributed by atoms with E-state index in [4.69, 9.17) is 5.11 Å². The molecule has 0 saturated carbocycles. The number of phenols is 2. The molecule has 2 rings (SSSR count). The first-order chi connectivity index (χ1) is 7.66. The fraction of sp³-hybridized carbons (Fsp3) is 0. The summed E-state index contributed by atoms with van der Waals surface area (Å²) in [4.78, 5) is 11.6. The molecule has 16 heavy (non-hydrogen) atoms. The van der Waals surface area contributed by atoms with Gasteiger partial charge in [-0.3, -0.25) is 10.1 Å². The summed E-state index contributed by atoms with van der Waals surface area (Å²) in [5, 5.41) is 28.4. The minimum atomic E-state index is -0.424. The maximum atomic E-state index is 11.6. The lowest BCUT2D eigenvalue weighted by Crippen LogP contribution is -2.11. The molecular formula is C9H7N3O3S. The van der Waals surface area contributed by atoms with Gasteiger partial charge in [0.1, 0.15) is 5.51 Å². The summed E-state index contributed by atoms with van der Waals surface area (Å²) in [7, 11) is 0. The predicted octanol–water partition coefficient (Wildman–Crippen LogP) is 1.20. The molecule has 1 heterocycles. The minimum Gasteiger partial charge on any atom is -0.504 e. The number of hydrogen-bond acceptors (Lipinski definition) is 6. The number of rotatable bonds is 2. The van der Waals surface area contributed by atoms with Gasteiger partial charge in [0.2, 0.25) is 5.13 Å². The van der Waals surface area contributed by atoms with E-state index in [1.165, 1.54) is 35.0 Å². The Kier molecular flexibility index (Phi) is 2.69. The van der Waals surface area contributed by atoms with Crippen molar-refractivity contribution < 1.29 is 15.0 Å². The van der Waals surface area contributed by atoms with Gasteiger partial charge in [-0.15, -0.1) is 10.2 Å². The van der Waals surface area contributed by atoms with Crippen LogP contribution in [0.15, 0.2) is 23.7 Å². The summed E-state index contributed by atoms with van der Waals surface area (Å²) in [5.41, 5.74) is 1.72. The zero-order chi connectivity index (χ0) is 11.5. The molecular weight excluding hydrogens is 230 g/mol. The molecule has 82 valence electrons. The highest BCUT2D eigenvalue weighted by atomic mass is 32.1. The largest absolute Gasteiger partial charge is 0.504 e. The van der Waals surface area contributed by atoms with Crippen molar-refractivity contribution in [3.8, 4) is 11.5 Å². The number of anilines is 1. The molecule has 0 aliphatic carbocycles. The topological polar surface area (TPSA) is 95.3 Å². The lowest BCUT2D eigenvalue weighted by molar-refractivity contribution is 0.102. The number of carbonyl (C=O) groups excluding carboxylic acids is 1. The van der Waals surface area contributed by atoms with Gasteiger partial charge in [-0.25, -0.2) is 0 Å². The second kappa shape index (κ2) is 4.15. The van der Waals surface area contributed by atoms with Gasteiger partial charge < -0.3 is 10.2 Å². The molecule has 0 aliphatic heterocycles. The van der Waals surface area contributed by atoms with Crippen LogP contribution in [0.25, 0.3) is 0 Å². The van der Waals surface area contributed by atoms with Crippen LogP contribution in [-0.4, -0.2) is 26.3 Å². The fourth-order valence-electron chi connectivity index (χ4n) is 1.06. The zero-order valence-corrected chi connectivity index (χ0v) is 8.73. The van der Waals surface area contributed by atoms with E-state index in [1.54, 1.807) is 0 Å². The summed E-state index contributed by atoms with van der Waals surface area (Å²) in [5.74, 6) is -1.04. The molecule has 0 radical (unpaired) electrons. The van der Waals surface area contributed by atoms with Gasteiger partial charge >= 0.3 is 0 Å². The summed E-state index contributed by atoms with van der Waals surface area (Å²) in [6, 6.07) is 3.81. The molecule has 3 N–H and O–H groups in total. The first-order valence-corrected chi connectivity index (χ1v) is 5.14. The van der Waals surface area contributed by atoms with E-state index < -0.39 is 5.91 Å². The average molecular weight is 237 g/mol. The van der Waals surface area contributed by atoms with Gasteiger partial charge in [-0.05, 0) is 18.2 Å². The maximum Gasteiger partial charge on any atom is 0.257 e. The van der Waals surface area contributed by atoms with Crippen LogP contribution in [0.1, 0.15) is 10.4 Å². The Labute approximate surface area is 94.2 Å². The Morgan fingerprint density at radius 3 is 2.75 bits per heavy atom. The number of hydrogen-bond donors (Lipinski definition) is 3. The van der Waals surface area contributed by atoms with Crippen molar-refractivity contribution in [2.75, 3.05) is 5.32 Å². The lowest BCUT2D eigenvalue weighted by atomic mass is 10.2. The van der Waals surface area contributed by atoms with Crippen LogP contribution in [0.4, 0.5) is 5.13 Å². The van der Waals surface area contributed by atoms with Crippen molar-refractivity contribution in [2.45, 2.75) is 0 Å². The Balaban J connectivity index is 2.18. The maximum absolute atomic E-state index is 11.6. The smallest absolute Gasteiger partial charge is 0.257 e. The number of nitrogens with zero attached hydrogens (tertiary/aromatic N) is 2. The van der Waals surface area contributed by atoms with Gasteiger partial charge in [0.05, 0.1) is 0 Å². The molecule has 0 aliphatic rings. The van der Waals surface area contributed by atoms with E-state index in [9.17, 15) is 9.90 Å². The normalized spacial score (nSPS) is 10.0. The van der Waals surface area contributed by atoms with Crippen molar-refractivity contribution in [1.29, 1.82) is 0 Å². The highest BCUT2D eigenvalue weighted by Gasteiger charge is 2.10. The van der Waals surface area contributed by atoms with Crippen molar-refractivity contribution >= 4 is 22.4 Å². The van der Waals surface area contributed by atoms with Crippen LogP contribution in [-0.2, 0) is 0 Å². The average Bonchev–Trinajstić information content (AvgIpc) is 2.74. The number of phenolic OH excluding ortho intramolecular Hbond substituents is 2. The zero-order valence-electron chi connectivity index (χ0n) is 7.91. The fourth-order valence-corrected chi connectivity index (χ4v) is 1.50. The molecule has 1 amide bonds. The summed E-state index contributed by atoms with van der Waals surface area (Å²) < 4.78 is 0. The summed E-state index contributed by atoms with van der Waals surface area (Å²) in [6.45, 7) is 0. The minimum absolute atomic E-state index is 0.227. The standard InChI is InChI=1S/C9H7N3O3S/c13-6-2-1-5(3-7(6)14)8(15)11-9-12-10-4-16-9/h1-4,13-14H,(H,11,12,15). The van der Waals surface area contributed by atoms with Crippen LogP contribution in [0.2, 0.25) is 0 Å². The van der Waals surface area contributed by atoms with Crippen molar-refractivity contribution in [3.63, 3.8) is 0 Å². The van der Waals surface area contributed by atoms with Crippen molar-refractivity contribution in [1.82, 2.24) is 10.2 Å². The number of benzene rings is 1. The molecule has 1 aromatic heterocycles. The number of aromatic nitrogens is 2. The van der Waals surface area contributed by atoms with Crippen LogP contribution in [0, 0.1) is 0 Å². The first-order valence-electron chi connectivity index (χ1n) is 4.26. The Morgan fingerprint density at radius 2 is 2.12 bits per heavy atom. The van der Waals surface area contributed by atoms with E-state index in [1.807, 2.05) is 0 Å². The molecule has 0 bridgehead atoms. The third-order valence-corrected chi connectivity index (χ3v) is 2.42. The third-order valence-electron chi connectivity index (χ3n) is 1.82. The monoisotopic (exact) mass is 237 g/mol. The van der Waals surface area contributed by atoms with Gasteiger partial charge in [0, 0.05) is 5.56 Å². The molecule has 6 nitrogen and oxygen atoms in total. The highest BCUT2D eigenvalue weighted by molar-refractivity contribution is 7.13. The van der Waals surface area contributed by atoms with Crippen LogP contribution < -0.4 is 5.32 Å². The van der Waals surface area contributed by atoms with E-state index in [0.717, 1.165) is 0 Å². The second-order valence-corrected chi connectivity index (χ2v) is 3.73. The Morgan fingerprint density at radius 1 is 1.31 bits per heavy atom. The SMILES string of the molecule is O=C(Nc1nncs1)c1ccc(O)c(O)c1. The van der Waals surface area contributed by atoms with Gasteiger partial charge in [0.25, 0.3) is 5.91 Å². The van der Waals surface area contributed by atoms with Crippen LogP contribution >= 0.6 is 11.3 Å². The van der Waals surface area contributed by atoms with E-state index in [0.29, 0.717) is 5.13 Å². The van der Waals surface area contributed by atoms with E-state index in [2.05, 4.69) is 15.5 Å². The van der Waals surface area contributed by atoms with Crippen LogP contribution in [0.5, 0.6) is 11.5 Å². The predicted molar refractivity (Wildman–Crippen MR) is 57.6 cm³/mol. The van der Waals surface area contributed by atoms with Crippen molar-refractivity contribution in [2.24, 2.45) is 0 Å². The lowest BCUT2D eigenvalue weighted by Gasteiger charge is -2.02. The van der Waals surface area contributed by atoms with Gasteiger partial charge in [0.15, 0.2) is 11.5 Å². The molecule has 0 fully saturated rings. The van der Waals surface area contributed by atoms with Crippen molar-refractivity contribution in [3.05, 3.63) is 29.3 Å². The molecule has 0 saturated heterocycles. The molecule has 7 heteroatoms. The molecule has 0 unspecified atom stereocenters. The number of aromatic hydroxyl groups is 2. The van der Waals surface area contributed by atoms with E-state index in [-0.39, 0.29) is 17.1 Å². The number of amides is 1. The Hall–Kier alpha value is -2.15. The van der Waals surface area contributed by atoms with Crippen LogP contribution in [0.3, 0.4) is 0 Å². The Bertz CT molecular complexity index is 513. The van der Waals surface area contributed by atoms with Gasteiger partial charge in [-0.1, -0.05) is 11.3 Å². The second-order valence-electron chi connectivity index (χ2n) is 2.90. The highest BCUT2D eigenvalue weighted by Crippen LogP contribution is 2.25. The molecule has 2 aromatic rings. The molecule has 1 aromatic carbocycles. The molecule has 0 spiro atoms. The van der Waals surface area contributed by atoms with Gasteiger partial charge in [-0.2, -0.15) is 0 Å². The summed E-state index contributed by atoms with van der Waals surface area (Å²) in [6.07, 6.45) is 0. The number of nitrogens with one attached hydrogen (secondary N) is 1. The first kappa shape index (κ1) is 10.4. The number of carbonyl (C=O) groups is 1. The molecule has 0 atom stereocenters. The van der Waals surface area contributed by atoms with E-state index >= 15 is 0 Å². The quantitative estimate of drug-likeness (QED) is 0.682. The summed E-state index contributed by atoms with van der Waals surface area (Å²) >= 11 is 1.19.